The quantitative estimate of drug-likeness (QED) is 0.237. The van der Waals surface area contributed by atoms with Crippen LogP contribution in [0.3, 0.4) is 0 Å². The fraction of sp³-hybridized carbons (Fsp3) is 0.273. The number of ether oxygens (including phenoxy) is 1. The Kier molecular flexibility index (Phi) is 6.45. The maximum Gasteiger partial charge on any atom is 0.295 e. The lowest BCUT2D eigenvalue weighted by Gasteiger charge is -2.26. The van der Waals surface area contributed by atoms with Crippen LogP contribution in [-0.4, -0.2) is 45.9 Å². The van der Waals surface area contributed by atoms with Crippen LogP contribution in [0.5, 0.6) is 0 Å². The van der Waals surface area contributed by atoms with E-state index in [4.69, 9.17) is 4.74 Å². The van der Waals surface area contributed by atoms with E-state index in [1.54, 1.807) is 6.07 Å². The molecule has 1 unspecified atom stereocenters. The molecule has 1 aliphatic heterocycles. The summed E-state index contributed by atoms with van der Waals surface area (Å²) in [5, 5.41) is 21.7. The first-order valence-corrected chi connectivity index (χ1v) is 9.61. The molecule has 1 aliphatic rings. The molecule has 0 spiro atoms. The van der Waals surface area contributed by atoms with Crippen LogP contribution in [0.2, 0.25) is 0 Å². The largest absolute Gasteiger partial charge is 0.507 e. The van der Waals surface area contributed by atoms with Gasteiger partial charge in [-0.3, -0.25) is 19.7 Å². The van der Waals surface area contributed by atoms with Crippen molar-refractivity contribution in [2.45, 2.75) is 26.0 Å². The summed E-state index contributed by atoms with van der Waals surface area (Å²) in [5.74, 6) is -3.02. The van der Waals surface area contributed by atoms with Gasteiger partial charge in [0.1, 0.15) is 11.6 Å². The van der Waals surface area contributed by atoms with Gasteiger partial charge in [-0.1, -0.05) is 18.2 Å². The van der Waals surface area contributed by atoms with Gasteiger partial charge in [-0.25, -0.2) is 4.39 Å². The summed E-state index contributed by atoms with van der Waals surface area (Å²) in [7, 11) is 0. The lowest BCUT2D eigenvalue weighted by Crippen LogP contribution is -2.33. The van der Waals surface area contributed by atoms with Crippen molar-refractivity contribution in [3.05, 3.63) is 81.2 Å². The van der Waals surface area contributed by atoms with Crippen molar-refractivity contribution in [1.29, 1.82) is 0 Å². The number of Topliss-reactive ketones (excluding diaryl/α,β-unsaturated/α-hetero) is 1. The van der Waals surface area contributed by atoms with Crippen molar-refractivity contribution < 1.29 is 28.7 Å². The summed E-state index contributed by atoms with van der Waals surface area (Å²) in [4.78, 5) is 37.0. The predicted molar refractivity (Wildman–Crippen MR) is 110 cm³/mol. The van der Waals surface area contributed by atoms with E-state index < -0.39 is 34.2 Å². The number of benzene rings is 2. The van der Waals surface area contributed by atoms with Crippen LogP contribution in [0.1, 0.15) is 31.0 Å². The van der Waals surface area contributed by atoms with Gasteiger partial charge in [0.05, 0.1) is 29.2 Å². The van der Waals surface area contributed by atoms with Crippen molar-refractivity contribution in [3.63, 3.8) is 0 Å². The first-order chi connectivity index (χ1) is 14.7. The van der Waals surface area contributed by atoms with E-state index in [1.165, 1.54) is 47.4 Å². The van der Waals surface area contributed by atoms with Crippen molar-refractivity contribution in [2.75, 3.05) is 13.2 Å². The summed E-state index contributed by atoms with van der Waals surface area (Å²) in [6.45, 7) is 3.76. The lowest BCUT2D eigenvalue weighted by atomic mass is 9.95. The molecule has 2 aromatic carbocycles. The van der Waals surface area contributed by atoms with E-state index in [9.17, 15) is 29.2 Å². The number of nitro groups is 1. The standard InChI is InChI=1S/C22H21FN2O6/c1-13(2)31-12-11-24-19(16-5-3-4-6-17(16)23)18(21(27)22(24)28)20(26)14-7-9-15(10-8-14)25(29)30/h3-10,13,19,26H,11-12H2,1-2H3/b20-18+. The number of carbonyl (C=O) groups is 2. The molecule has 0 aliphatic carbocycles. The smallest absolute Gasteiger partial charge is 0.295 e. The number of ketones is 1. The molecule has 0 aromatic heterocycles. The fourth-order valence-electron chi connectivity index (χ4n) is 3.41. The summed E-state index contributed by atoms with van der Waals surface area (Å²) in [5.41, 5.74) is -0.333. The zero-order valence-corrected chi connectivity index (χ0v) is 16.9. The van der Waals surface area contributed by atoms with Crippen LogP contribution in [-0.2, 0) is 14.3 Å². The van der Waals surface area contributed by atoms with E-state index in [0.717, 1.165) is 0 Å². The molecule has 1 heterocycles. The minimum atomic E-state index is -1.16. The first-order valence-electron chi connectivity index (χ1n) is 9.61. The zero-order valence-electron chi connectivity index (χ0n) is 16.9. The van der Waals surface area contributed by atoms with E-state index >= 15 is 0 Å². The summed E-state index contributed by atoms with van der Waals surface area (Å²) in [6, 6.07) is 9.38. The van der Waals surface area contributed by atoms with Crippen LogP contribution in [0.25, 0.3) is 5.76 Å². The second-order valence-corrected chi connectivity index (χ2v) is 7.24. The molecule has 0 bridgehead atoms. The highest BCUT2D eigenvalue weighted by molar-refractivity contribution is 6.46. The number of amides is 1. The third-order valence-electron chi connectivity index (χ3n) is 4.87. The third-order valence-corrected chi connectivity index (χ3v) is 4.87. The average molecular weight is 428 g/mol. The number of nitro benzene ring substituents is 1. The van der Waals surface area contributed by atoms with E-state index in [0.29, 0.717) is 0 Å². The second-order valence-electron chi connectivity index (χ2n) is 7.24. The first kappa shape index (κ1) is 22.1. The predicted octanol–water partition coefficient (Wildman–Crippen LogP) is 3.58. The van der Waals surface area contributed by atoms with Gasteiger partial charge in [0.25, 0.3) is 17.4 Å². The Labute approximate surface area is 177 Å². The molecule has 1 N–H and O–H groups in total. The van der Waals surface area contributed by atoms with Gasteiger partial charge >= 0.3 is 0 Å². The molecule has 8 nitrogen and oxygen atoms in total. The average Bonchev–Trinajstić information content (AvgIpc) is 2.98. The highest BCUT2D eigenvalue weighted by atomic mass is 19.1. The van der Waals surface area contributed by atoms with Gasteiger partial charge in [0.2, 0.25) is 0 Å². The van der Waals surface area contributed by atoms with Crippen LogP contribution in [0.4, 0.5) is 10.1 Å². The number of hydrogen-bond acceptors (Lipinski definition) is 6. The molecule has 9 heteroatoms. The molecule has 0 saturated carbocycles. The minimum absolute atomic E-state index is 0.0127. The Bertz CT molecular complexity index is 1050. The normalized spacial score (nSPS) is 18.1. The molecule has 31 heavy (non-hydrogen) atoms. The zero-order chi connectivity index (χ0) is 22.7. The van der Waals surface area contributed by atoms with E-state index in [-0.39, 0.29) is 41.6 Å². The number of aliphatic hydroxyl groups is 1. The summed E-state index contributed by atoms with van der Waals surface area (Å²) >= 11 is 0. The topological polar surface area (TPSA) is 110 Å². The van der Waals surface area contributed by atoms with Crippen LogP contribution < -0.4 is 0 Å². The van der Waals surface area contributed by atoms with Gasteiger partial charge in [0.15, 0.2) is 0 Å². The molecule has 2 aromatic rings. The molecule has 162 valence electrons. The van der Waals surface area contributed by atoms with E-state index in [2.05, 4.69) is 0 Å². The van der Waals surface area contributed by atoms with Crippen molar-refractivity contribution in [3.8, 4) is 0 Å². The second kappa shape index (κ2) is 9.05. The van der Waals surface area contributed by atoms with Gasteiger partial charge in [-0.05, 0) is 32.0 Å². The lowest BCUT2D eigenvalue weighted by molar-refractivity contribution is -0.384. The van der Waals surface area contributed by atoms with Crippen LogP contribution >= 0.6 is 0 Å². The van der Waals surface area contributed by atoms with E-state index in [1.807, 2.05) is 13.8 Å². The number of aliphatic hydroxyl groups excluding tert-OH is 1. The van der Waals surface area contributed by atoms with Gasteiger partial charge in [-0.15, -0.1) is 0 Å². The van der Waals surface area contributed by atoms with Gasteiger partial charge < -0.3 is 14.7 Å². The summed E-state index contributed by atoms with van der Waals surface area (Å²) in [6.07, 6.45) is -0.108. The molecule has 1 fully saturated rings. The summed E-state index contributed by atoms with van der Waals surface area (Å²) < 4.78 is 20.1. The van der Waals surface area contributed by atoms with Gasteiger partial charge in [-0.2, -0.15) is 0 Å². The molecule has 1 atom stereocenters. The molecular formula is C22H21FN2O6. The molecular weight excluding hydrogens is 407 g/mol. The Morgan fingerprint density at radius 3 is 2.42 bits per heavy atom. The molecule has 3 rings (SSSR count). The van der Waals surface area contributed by atoms with Crippen molar-refractivity contribution in [2.24, 2.45) is 0 Å². The number of nitrogens with zero attached hydrogens (tertiary/aromatic N) is 2. The Hall–Kier alpha value is -3.59. The number of halogens is 1. The molecule has 1 amide bonds. The number of hydrogen-bond donors (Lipinski definition) is 1. The van der Waals surface area contributed by atoms with Crippen LogP contribution in [0, 0.1) is 15.9 Å². The van der Waals surface area contributed by atoms with Gasteiger partial charge in [0, 0.05) is 29.8 Å². The Morgan fingerprint density at radius 1 is 1.19 bits per heavy atom. The van der Waals surface area contributed by atoms with Crippen molar-refractivity contribution >= 4 is 23.1 Å². The van der Waals surface area contributed by atoms with Crippen LogP contribution in [0.15, 0.2) is 54.1 Å². The number of non-ortho nitro benzene ring substituents is 1. The highest BCUT2D eigenvalue weighted by Crippen LogP contribution is 2.40. The minimum Gasteiger partial charge on any atom is -0.507 e. The number of likely N-dealkylation sites (tertiary alicyclic amines) is 1. The Morgan fingerprint density at radius 2 is 1.84 bits per heavy atom. The number of rotatable bonds is 7. The maximum absolute atomic E-state index is 14.6. The monoisotopic (exact) mass is 428 g/mol. The third kappa shape index (κ3) is 4.46. The van der Waals surface area contributed by atoms with Crippen molar-refractivity contribution in [1.82, 2.24) is 4.90 Å². The number of carbonyl (C=O) groups excluding carboxylic acids is 2. The maximum atomic E-state index is 14.6. The highest BCUT2D eigenvalue weighted by Gasteiger charge is 2.46. The fourth-order valence-corrected chi connectivity index (χ4v) is 3.41. The SMILES string of the molecule is CC(C)OCCN1C(=O)C(=O)/C(=C(/O)c2ccc([N+](=O)[O-])cc2)C1c1ccccc1F. The Balaban J connectivity index is 2.10. The molecule has 0 radical (unpaired) electrons. The molecule has 1 saturated heterocycles.